The molecule has 3 nitrogen and oxygen atoms in total. The first-order chi connectivity index (χ1) is 10.6. The Bertz CT molecular complexity index is 468. The monoisotopic (exact) mass is 322 g/mol. The quantitative estimate of drug-likeness (QED) is 0.306. The van der Waals surface area contributed by atoms with Gasteiger partial charge in [0.15, 0.2) is 0 Å². The van der Waals surface area contributed by atoms with Crippen LogP contribution in [0.3, 0.4) is 0 Å². The molecule has 0 amide bonds. The number of carbonyl (C=O) groups is 2. The van der Waals surface area contributed by atoms with E-state index in [1.54, 1.807) is 6.92 Å². The molecule has 1 rings (SSSR count). The van der Waals surface area contributed by atoms with Crippen LogP contribution in [0.1, 0.15) is 50.7 Å². The largest absolute Gasteiger partial charge is 0.465 e. The highest BCUT2D eigenvalue weighted by Gasteiger charge is 2.25. The minimum Gasteiger partial charge on any atom is -0.465 e. The molecule has 1 unspecified atom stereocenters. The van der Waals surface area contributed by atoms with Gasteiger partial charge in [0.05, 0.1) is 6.61 Å². The molecule has 0 aliphatic heterocycles. The van der Waals surface area contributed by atoms with Crippen LogP contribution < -0.4 is 0 Å². The number of ether oxygens (including phenoxy) is 1. The van der Waals surface area contributed by atoms with Gasteiger partial charge in [-0.2, -0.15) is 0 Å². The predicted molar refractivity (Wildman–Crippen MR) is 92.1 cm³/mol. The molecule has 1 aromatic rings. The zero-order valence-electron chi connectivity index (χ0n) is 13.5. The van der Waals surface area contributed by atoms with Gasteiger partial charge in [0.2, 0.25) is 5.12 Å². The van der Waals surface area contributed by atoms with Crippen LogP contribution in [0.2, 0.25) is 0 Å². The number of aryl methyl sites for hydroxylation is 1. The second kappa shape index (κ2) is 10.4. The molecule has 0 aromatic heterocycles. The lowest BCUT2D eigenvalue weighted by molar-refractivity contribution is -0.149. The first kappa shape index (κ1) is 18.8. The fourth-order valence-corrected chi connectivity index (χ4v) is 2.54. The van der Waals surface area contributed by atoms with E-state index in [4.69, 9.17) is 4.74 Å². The van der Waals surface area contributed by atoms with Crippen molar-refractivity contribution in [2.75, 3.05) is 6.61 Å². The van der Waals surface area contributed by atoms with Gasteiger partial charge >= 0.3 is 5.97 Å². The molecule has 0 N–H and O–H groups in total. The Labute approximate surface area is 138 Å². The maximum atomic E-state index is 11.8. The van der Waals surface area contributed by atoms with Crippen molar-refractivity contribution in [3.05, 3.63) is 35.4 Å². The molecule has 0 aliphatic rings. The van der Waals surface area contributed by atoms with Crippen LogP contribution in [0.25, 0.3) is 0 Å². The summed E-state index contributed by atoms with van der Waals surface area (Å²) in [7, 11) is 0. The fourth-order valence-electron chi connectivity index (χ4n) is 2.35. The van der Waals surface area contributed by atoms with E-state index >= 15 is 0 Å². The summed E-state index contributed by atoms with van der Waals surface area (Å²) in [5.41, 5.74) is 2.25. The van der Waals surface area contributed by atoms with Crippen LogP contribution in [0.15, 0.2) is 24.3 Å². The number of unbranched alkanes of at least 4 members (excludes halogenated alkanes) is 3. The highest BCUT2D eigenvalue weighted by atomic mass is 32.1. The summed E-state index contributed by atoms with van der Waals surface area (Å²) in [6.45, 7) is 4.20. The summed E-state index contributed by atoms with van der Waals surface area (Å²) in [4.78, 5) is 23.3. The molecule has 22 heavy (non-hydrogen) atoms. The molecular formula is C18H26O3S. The number of carbonyl (C=O) groups excluding carboxylic acids is 2. The molecule has 1 atom stereocenters. The third kappa shape index (κ3) is 6.65. The minimum atomic E-state index is -0.821. The molecule has 0 heterocycles. The zero-order chi connectivity index (χ0) is 16.4. The number of esters is 1. The Morgan fingerprint density at radius 2 is 1.68 bits per heavy atom. The fraction of sp³-hybridized carbons (Fsp3) is 0.556. The minimum absolute atomic E-state index is 0.271. The Balaban J connectivity index is 2.57. The van der Waals surface area contributed by atoms with Crippen molar-refractivity contribution >= 4 is 23.7 Å². The average molecular weight is 322 g/mol. The van der Waals surface area contributed by atoms with Gasteiger partial charge in [-0.25, -0.2) is 0 Å². The van der Waals surface area contributed by atoms with Crippen molar-refractivity contribution < 1.29 is 14.3 Å². The van der Waals surface area contributed by atoms with Gasteiger partial charge in [-0.3, -0.25) is 9.59 Å². The standard InChI is InChI=1S/C18H26O3S/c1-3-5-6-7-8-14-9-11-15(12-10-14)13-16(18(20)22)17(19)21-4-2/h9-12,16H,3-8,13H2,1-2H3,(H,20,22). The number of rotatable bonds is 10. The Morgan fingerprint density at radius 3 is 2.23 bits per heavy atom. The molecule has 0 saturated heterocycles. The van der Waals surface area contributed by atoms with E-state index in [9.17, 15) is 9.59 Å². The average Bonchev–Trinajstić information content (AvgIpc) is 2.50. The maximum Gasteiger partial charge on any atom is 0.317 e. The predicted octanol–water partition coefficient (Wildman–Crippen LogP) is 3.99. The molecule has 0 bridgehead atoms. The van der Waals surface area contributed by atoms with Crippen molar-refractivity contribution in [1.82, 2.24) is 0 Å². The van der Waals surface area contributed by atoms with Crippen LogP contribution >= 0.6 is 12.6 Å². The summed E-state index contributed by atoms with van der Waals surface area (Å²) >= 11 is 3.80. The number of thiol groups is 1. The smallest absolute Gasteiger partial charge is 0.317 e. The normalized spacial score (nSPS) is 12.0. The molecule has 0 radical (unpaired) electrons. The third-order valence-electron chi connectivity index (χ3n) is 3.65. The molecule has 0 spiro atoms. The van der Waals surface area contributed by atoms with E-state index in [1.165, 1.54) is 31.2 Å². The summed E-state index contributed by atoms with van der Waals surface area (Å²) < 4.78 is 4.93. The van der Waals surface area contributed by atoms with Crippen molar-refractivity contribution in [2.45, 2.75) is 52.4 Å². The van der Waals surface area contributed by atoms with Gasteiger partial charge in [0, 0.05) is 0 Å². The van der Waals surface area contributed by atoms with Crippen molar-refractivity contribution in [2.24, 2.45) is 5.92 Å². The van der Waals surface area contributed by atoms with Gasteiger partial charge < -0.3 is 4.74 Å². The van der Waals surface area contributed by atoms with Crippen molar-refractivity contribution in [1.29, 1.82) is 0 Å². The second-order valence-corrected chi connectivity index (χ2v) is 5.91. The van der Waals surface area contributed by atoms with E-state index in [2.05, 4.69) is 31.7 Å². The van der Waals surface area contributed by atoms with E-state index in [1.807, 2.05) is 12.1 Å². The van der Waals surface area contributed by atoms with Crippen LogP contribution in [0, 0.1) is 5.92 Å². The molecule has 0 fully saturated rings. The Kier molecular flexibility index (Phi) is 8.90. The van der Waals surface area contributed by atoms with Gasteiger partial charge in [-0.05, 0) is 37.3 Å². The lowest BCUT2D eigenvalue weighted by Gasteiger charge is -2.12. The van der Waals surface area contributed by atoms with Crippen LogP contribution in [-0.4, -0.2) is 17.7 Å². The van der Waals surface area contributed by atoms with E-state index in [0.29, 0.717) is 6.42 Å². The van der Waals surface area contributed by atoms with E-state index in [0.717, 1.165) is 12.0 Å². The van der Waals surface area contributed by atoms with Crippen molar-refractivity contribution in [3.63, 3.8) is 0 Å². The molecule has 122 valence electrons. The molecule has 0 aliphatic carbocycles. The lowest BCUT2D eigenvalue weighted by Crippen LogP contribution is -2.25. The first-order valence-corrected chi connectivity index (χ1v) is 8.50. The molecular weight excluding hydrogens is 296 g/mol. The number of hydrogen-bond acceptors (Lipinski definition) is 3. The first-order valence-electron chi connectivity index (χ1n) is 8.05. The summed E-state index contributed by atoms with van der Waals surface area (Å²) in [5, 5.41) is -0.443. The SMILES string of the molecule is CCCCCCc1ccc(CC(C(=O)S)C(=O)OCC)cc1. The lowest BCUT2D eigenvalue weighted by atomic mass is 9.98. The summed E-state index contributed by atoms with van der Waals surface area (Å²) in [6, 6.07) is 8.12. The zero-order valence-corrected chi connectivity index (χ0v) is 14.4. The van der Waals surface area contributed by atoms with Gasteiger partial charge in [-0.15, -0.1) is 12.6 Å². The van der Waals surface area contributed by atoms with Crippen LogP contribution in [0.5, 0.6) is 0 Å². The van der Waals surface area contributed by atoms with Crippen LogP contribution in [0.4, 0.5) is 0 Å². The second-order valence-electron chi connectivity index (χ2n) is 5.47. The maximum absolute atomic E-state index is 11.8. The summed E-state index contributed by atoms with van der Waals surface area (Å²) in [6.07, 6.45) is 6.41. The Morgan fingerprint density at radius 1 is 1.05 bits per heavy atom. The van der Waals surface area contributed by atoms with Gasteiger partial charge in [-0.1, -0.05) is 50.5 Å². The van der Waals surface area contributed by atoms with E-state index < -0.39 is 17.0 Å². The molecule has 1 aromatic carbocycles. The van der Waals surface area contributed by atoms with Gasteiger partial charge in [0.25, 0.3) is 0 Å². The Hall–Kier alpha value is -1.29. The topological polar surface area (TPSA) is 43.4 Å². The van der Waals surface area contributed by atoms with Crippen molar-refractivity contribution in [3.8, 4) is 0 Å². The highest BCUT2D eigenvalue weighted by molar-refractivity contribution is 7.96. The van der Waals surface area contributed by atoms with Crippen LogP contribution in [-0.2, 0) is 27.2 Å². The third-order valence-corrected chi connectivity index (χ3v) is 3.96. The number of benzene rings is 1. The van der Waals surface area contributed by atoms with E-state index in [-0.39, 0.29) is 6.61 Å². The summed E-state index contributed by atoms with van der Waals surface area (Å²) in [5.74, 6) is -1.31. The molecule has 0 saturated carbocycles. The number of hydrogen-bond donors (Lipinski definition) is 1. The van der Waals surface area contributed by atoms with Gasteiger partial charge in [0.1, 0.15) is 5.92 Å². The molecule has 4 heteroatoms. The highest BCUT2D eigenvalue weighted by Crippen LogP contribution is 2.16.